The summed E-state index contributed by atoms with van der Waals surface area (Å²) in [6.07, 6.45) is -0.958. The quantitative estimate of drug-likeness (QED) is 0.0815. The third-order valence-electron chi connectivity index (χ3n) is 6.79. The fourth-order valence-corrected chi connectivity index (χ4v) is 4.93. The molecule has 0 heterocycles. The van der Waals surface area contributed by atoms with Crippen molar-refractivity contribution in [2.24, 2.45) is 5.73 Å². The fraction of sp³-hybridized carbons (Fsp3) is 0.343. The molecule has 47 heavy (non-hydrogen) atoms. The zero-order valence-electron chi connectivity index (χ0n) is 27.5. The molecule has 248 valence electrons. The normalized spacial score (nSPS) is 13.0. The first-order valence-electron chi connectivity index (χ1n) is 15.0. The number of fused-ring (bicyclic) bond motifs is 3. The Morgan fingerprint density at radius 3 is 1.89 bits per heavy atom. The highest BCUT2D eigenvalue weighted by Gasteiger charge is 2.33. The molecule has 3 aromatic rings. The number of anilines is 1. The lowest BCUT2D eigenvalue weighted by molar-refractivity contribution is -0.135. The van der Waals surface area contributed by atoms with Crippen LogP contribution < -0.4 is 21.1 Å². The van der Waals surface area contributed by atoms with Crippen molar-refractivity contribution in [3.05, 3.63) is 82.9 Å². The van der Waals surface area contributed by atoms with Gasteiger partial charge < -0.3 is 30.0 Å². The summed E-state index contributed by atoms with van der Waals surface area (Å²) in [5.74, 6) is -3.82. The second kappa shape index (κ2) is 13.6. The molecule has 0 saturated carbocycles. The van der Waals surface area contributed by atoms with E-state index >= 15 is 0 Å². The molecule has 12 nitrogen and oxygen atoms in total. The predicted molar refractivity (Wildman–Crippen MR) is 176 cm³/mol. The highest BCUT2D eigenvalue weighted by atomic mass is 16.6. The summed E-state index contributed by atoms with van der Waals surface area (Å²) in [5, 5.41) is 13.4. The molecule has 0 unspecified atom stereocenters. The van der Waals surface area contributed by atoms with E-state index in [1.54, 1.807) is 41.5 Å². The van der Waals surface area contributed by atoms with Crippen LogP contribution in [0.3, 0.4) is 0 Å². The number of esters is 3. The van der Waals surface area contributed by atoms with E-state index in [0.29, 0.717) is 0 Å². The first-order valence-corrected chi connectivity index (χ1v) is 15.0. The van der Waals surface area contributed by atoms with E-state index in [-0.39, 0.29) is 35.1 Å². The summed E-state index contributed by atoms with van der Waals surface area (Å²) in [5.41, 5.74) is 6.99. The molecule has 1 atom stereocenters. The number of benzene rings is 3. The van der Waals surface area contributed by atoms with Gasteiger partial charge >= 0.3 is 24.0 Å². The van der Waals surface area contributed by atoms with Crippen LogP contribution in [0, 0.1) is 5.41 Å². The van der Waals surface area contributed by atoms with Gasteiger partial charge in [-0.3, -0.25) is 10.7 Å². The Morgan fingerprint density at radius 1 is 0.830 bits per heavy atom. The lowest BCUT2D eigenvalue weighted by Crippen LogP contribution is -2.37. The van der Waals surface area contributed by atoms with Crippen LogP contribution in [0.4, 0.5) is 10.5 Å². The minimum Gasteiger partial charge on any atom is -0.456 e. The molecule has 4 rings (SSSR count). The van der Waals surface area contributed by atoms with Crippen LogP contribution >= 0.6 is 0 Å². The fourth-order valence-electron chi connectivity index (χ4n) is 4.93. The zero-order chi connectivity index (χ0) is 34.7. The highest BCUT2D eigenvalue weighted by Crippen LogP contribution is 2.44. The molecule has 0 saturated heterocycles. The number of carbonyl (C=O) groups excluding carboxylic acids is 4. The number of guanidine groups is 1. The smallest absolute Gasteiger partial charge is 0.413 e. The lowest BCUT2D eigenvalue weighted by Gasteiger charge is -2.25. The van der Waals surface area contributed by atoms with Gasteiger partial charge in [-0.25, -0.2) is 19.2 Å². The van der Waals surface area contributed by atoms with Gasteiger partial charge in [0.15, 0.2) is 5.75 Å². The van der Waals surface area contributed by atoms with E-state index in [9.17, 15) is 19.2 Å². The summed E-state index contributed by atoms with van der Waals surface area (Å²) in [6, 6.07) is 17.1. The number of ether oxygens (including phenoxy) is 4. The Morgan fingerprint density at radius 2 is 1.36 bits per heavy atom. The van der Waals surface area contributed by atoms with Gasteiger partial charge in [0, 0.05) is 5.92 Å². The molecule has 0 aliphatic heterocycles. The van der Waals surface area contributed by atoms with Crippen molar-refractivity contribution >= 4 is 35.6 Å². The summed E-state index contributed by atoms with van der Waals surface area (Å²) < 4.78 is 22.0. The first kappa shape index (κ1) is 34.6. The van der Waals surface area contributed by atoms with Crippen molar-refractivity contribution in [2.75, 3.05) is 11.9 Å². The Hall–Kier alpha value is -5.23. The number of carbonyl (C=O) groups is 4. The molecular formula is C35H40N4O8. The molecule has 0 aromatic heterocycles. The van der Waals surface area contributed by atoms with Gasteiger partial charge in [0.25, 0.3) is 0 Å². The average molecular weight is 645 g/mol. The molecule has 1 amide bonds. The molecule has 1 aliphatic carbocycles. The Kier molecular flexibility index (Phi) is 10.0. The van der Waals surface area contributed by atoms with Gasteiger partial charge in [-0.15, -0.1) is 0 Å². The summed E-state index contributed by atoms with van der Waals surface area (Å²) >= 11 is 0. The topological polar surface area (TPSA) is 179 Å². The Bertz CT molecular complexity index is 1670. The number of hydrogen-bond acceptors (Lipinski definition) is 10. The predicted octanol–water partition coefficient (Wildman–Crippen LogP) is 5.74. The third kappa shape index (κ3) is 8.53. The third-order valence-corrected chi connectivity index (χ3v) is 6.79. The second-order valence-electron chi connectivity index (χ2n) is 13.0. The molecular weight excluding hydrogens is 604 g/mol. The van der Waals surface area contributed by atoms with E-state index in [1.807, 2.05) is 48.5 Å². The molecule has 3 aromatic carbocycles. The van der Waals surface area contributed by atoms with Crippen molar-refractivity contribution < 1.29 is 38.1 Å². The zero-order valence-corrected chi connectivity index (χ0v) is 27.5. The standard InChI is InChI=1S/C35H40N4O8/c1-19(36)29(40)45-26-17-16-24(30(41)46-34(2,3)4)27(31(42)47-35(5,6)7)28(26)38-32(37)39-33(43)44-18-25-22-14-10-8-12-20(22)21-13-9-11-15-23(21)25/h8-17,19,25H,18,36H2,1-7H3,(H3,37,38,39,43)/t19-/m0/s1. The first-order chi connectivity index (χ1) is 21.9. The van der Waals surface area contributed by atoms with Gasteiger partial charge in [0.05, 0.1) is 11.3 Å². The summed E-state index contributed by atoms with van der Waals surface area (Å²) in [7, 11) is 0. The molecule has 0 fully saturated rings. The van der Waals surface area contributed by atoms with Crippen molar-refractivity contribution in [3.8, 4) is 16.9 Å². The Balaban J connectivity index is 1.62. The van der Waals surface area contributed by atoms with Gasteiger partial charge in [-0.2, -0.15) is 0 Å². The SMILES string of the molecule is C[C@H](N)C(=O)Oc1ccc(C(=O)OC(C)(C)C)c(C(=O)OC(C)(C)C)c1NC(=N)NC(=O)OCC1c2ccccc2-c2ccccc21. The second-order valence-corrected chi connectivity index (χ2v) is 13.0. The van der Waals surface area contributed by atoms with Crippen LogP contribution in [-0.4, -0.2) is 53.8 Å². The van der Waals surface area contributed by atoms with Crippen LogP contribution in [0.2, 0.25) is 0 Å². The molecule has 1 aliphatic rings. The molecule has 0 spiro atoms. The number of hydrogen-bond donors (Lipinski definition) is 4. The van der Waals surface area contributed by atoms with Gasteiger partial charge in [0.2, 0.25) is 5.96 Å². The van der Waals surface area contributed by atoms with Crippen molar-refractivity contribution in [3.63, 3.8) is 0 Å². The molecule has 12 heteroatoms. The summed E-state index contributed by atoms with van der Waals surface area (Å²) in [6.45, 7) is 11.3. The van der Waals surface area contributed by atoms with Crippen LogP contribution in [-0.2, 0) is 19.0 Å². The van der Waals surface area contributed by atoms with E-state index < -0.39 is 47.2 Å². The van der Waals surface area contributed by atoms with Crippen LogP contribution in [0.5, 0.6) is 5.75 Å². The number of nitrogens with two attached hydrogens (primary N) is 1. The van der Waals surface area contributed by atoms with Crippen LogP contribution in [0.15, 0.2) is 60.7 Å². The van der Waals surface area contributed by atoms with Crippen LogP contribution in [0.25, 0.3) is 11.1 Å². The number of amides is 1. The maximum atomic E-state index is 13.6. The monoisotopic (exact) mass is 644 g/mol. The minimum absolute atomic E-state index is 0.0122. The molecule has 0 radical (unpaired) electrons. The summed E-state index contributed by atoms with van der Waals surface area (Å²) in [4.78, 5) is 52.3. The van der Waals surface area contributed by atoms with Crippen LogP contribution in [0.1, 0.15) is 86.2 Å². The maximum absolute atomic E-state index is 13.6. The van der Waals surface area contributed by atoms with Gasteiger partial charge in [0.1, 0.15) is 29.4 Å². The molecule has 0 bridgehead atoms. The van der Waals surface area contributed by atoms with Crippen molar-refractivity contribution in [2.45, 2.75) is 71.6 Å². The van der Waals surface area contributed by atoms with Gasteiger partial charge in [-0.05, 0) is 82.9 Å². The van der Waals surface area contributed by atoms with Crippen molar-refractivity contribution in [1.29, 1.82) is 5.41 Å². The number of nitrogens with one attached hydrogen (secondary N) is 3. The van der Waals surface area contributed by atoms with E-state index in [0.717, 1.165) is 22.3 Å². The largest absolute Gasteiger partial charge is 0.456 e. The van der Waals surface area contributed by atoms with E-state index in [4.69, 9.17) is 30.1 Å². The Labute approximate surface area is 273 Å². The van der Waals surface area contributed by atoms with E-state index in [1.165, 1.54) is 19.1 Å². The maximum Gasteiger partial charge on any atom is 0.413 e. The van der Waals surface area contributed by atoms with Gasteiger partial charge in [-0.1, -0.05) is 48.5 Å². The molecule has 5 N–H and O–H groups in total. The number of rotatable bonds is 7. The van der Waals surface area contributed by atoms with E-state index in [2.05, 4.69) is 10.6 Å². The minimum atomic E-state index is -1.04. The highest BCUT2D eigenvalue weighted by molar-refractivity contribution is 6.12. The lowest BCUT2D eigenvalue weighted by atomic mass is 9.98. The number of alkyl carbamates (subject to hydrolysis) is 1. The van der Waals surface area contributed by atoms with Crippen molar-refractivity contribution in [1.82, 2.24) is 5.32 Å². The average Bonchev–Trinajstić information content (AvgIpc) is 3.28.